The number of H-pyrrole nitrogens is 1. The third-order valence-electron chi connectivity index (χ3n) is 3.80. The van der Waals surface area contributed by atoms with E-state index in [-0.39, 0.29) is 0 Å². The van der Waals surface area contributed by atoms with E-state index in [2.05, 4.69) is 59.5 Å². The largest absolute Gasteiger partial charge is 0.361 e. The predicted molar refractivity (Wildman–Crippen MR) is 83.8 cm³/mol. The Morgan fingerprint density at radius 3 is 2.85 bits per heavy atom. The molecule has 0 fully saturated rings. The molecule has 0 aliphatic heterocycles. The fourth-order valence-electron chi connectivity index (χ4n) is 2.81. The molecule has 0 amide bonds. The molecule has 4 aromatic rings. The monoisotopic (exact) mass is 258 g/mol. The average Bonchev–Trinajstić information content (AvgIpc) is 2.88. The molecule has 0 aliphatic carbocycles. The van der Waals surface area contributed by atoms with Crippen molar-refractivity contribution in [2.24, 2.45) is 0 Å². The summed E-state index contributed by atoms with van der Waals surface area (Å²) in [6.45, 7) is 2.14. The Morgan fingerprint density at radius 2 is 1.90 bits per heavy atom. The number of aromatic amines is 1. The molecular formula is C18H14N2. The highest BCUT2D eigenvalue weighted by Gasteiger charge is 2.08. The Bertz CT molecular complexity index is 919. The second-order valence-electron chi connectivity index (χ2n) is 5.12. The van der Waals surface area contributed by atoms with Gasteiger partial charge in [-0.05, 0) is 36.2 Å². The van der Waals surface area contributed by atoms with Crippen molar-refractivity contribution >= 4 is 21.8 Å². The lowest BCUT2D eigenvalue weighted by atomic mass is 10.00. The highest BCUT2D eigenvalue weighted by Crippen LogP contribution is 2.31. The first-order valence-corrected chi connectivity index (χ1v) is 6.75. The van der Waals surface area contributed by atoms with Gasteiger partial charge < -0.3 is 4.98 Å². The van der Waals surface area contributed by atoms with E-state index in [0.717, 1.165) is 11.1 Å². The summed E-state index contributed by atoms with van der Waals surface area (Å²) >= 11 is 0. The Kier molecular flexibility index (Phi) is 2.36. The first-order valence-electron chi connectivity index (χ1n) is 6.75. The van der Waals surface area contributed by atoms with Crippen molar-refractivity contribution in [1.82, 2.24) is 9.97 Å². The first kappa shape index (κ1) is 11.2. The van der Waals surface area contributed by atoms with Gasteiger partial charge in [-0.3, -0.25) is 4.98 Å². The van der Waals surface area contributed by atoms with Crippen molar-refractivity contribution in [2.75, 3.05) is 0 Å². The van der Waals surface area contributed by atoms with E-state index >= 15 is 0 Å². The van der Waals surface area contributed by atoms with Crippen LogP contribution < -0.4 is 0 Å². The van der Waals surface area contributed by atoms with Crippen LogP contribution in [0, 0.1) is 6.92 Å². The van der Waals surface area contributed by atoms with Crippen molar-refractivity contribution in [3.8, 4) is 11.1 Å². The molecule has 20 heavy (non-hydrogen) atoms. The van der Waals surface area contributed by atoms with Crippen LogP contribution in [-0.2, 0) is 0 Å². The van der Waals surface area contributed by atoms with E-state index in [1.807, 2.05) is 18.3 Å². The van der Waals surface area contributed by atoms with Gasteiger partial charge in [0.15, 0.2) is 0 Å². The molecule has 1 N–H and O–H groups in total. The van der Waals surface area contributed by atoms with Crippen LogP contribution in [0.3, 0.4) is 0 Å². The fourth-order valence-corrected chi connectivity index (χ4v) is 2.81. The summed E-state index contributed by atoms with van der Waals surface area (Å²) < 4.78 is 0. The number of aromatic nitrogens is 2. The summed E-state index contributed by atoms with van der Waals surface area (Å²) in [7, 11) is 0. The number of pyridine rings is 1. The number of para-hydroxylation sites is 1. The summed E-state index contributed by atoms with van der Waals surface area (Å²) in [6.07, 6.45) is 4.02. The maximum absolute atomic E-state index is 4.57. The van der Waals surface area contributed by atoms with Crippen LogP contribution in [0.25, 0.3) is 32.9 Å². The van der Waals surface area contributed by atoms with Crippen LogP contribution in [-0.4, -0.2) is 9.97 Å². The predicted octanol–water partition coefficient (Wildman–Crippen LogP) is 4.69. The van der Waals surface area contributed by atoms with Gasteiger partial charge in [-0.2, -0.15) is 0 Å². The highest BCUT2D eigenvalue weighted by atomic mass is 14.7. The summed E-state index contributed by atoms with van der Waals surface area (Å²) in [5.41, 5.74) is 5.88. The lowest BCUT2D eigenvalue weighted by Crippen LogP contribution is -1.84. The number of rotatable bonds is 1. The molecule has 2 aromatic heterocycles. The normalized spacial score (nSPS) is 11.2. The molecule has 96 valence electrons. The summed E-state index contributed by atoms with van der Waals surface area (Å²) in [4.78, 5) is 7.88. The van der Waals surface area contributed by atoms with Crippen molar-refractivity contribution in [2.45, 2.75) is 6.92 Å². The summed E-state index contributed by atoms with van der Waals surface area (Å²) in [5, 5.41) is 2.46. The maximum Gasteiger partial charge on any atom is 0.0702 e. The molecule has 0 unspecified atom stereocenters. The van der Waals surface area contributed by atoms with Gasteiger partial charge in [-0.1, -0.05) is 30.3 Å². The Labute approximate surface area is 117 Å². The first-order chi connectivity index (χ1) is 9.83. The summed E-state index contributed by atoms with van der Waals surface area (Å²) in [5.74, 6) is 0. The zero-order valence-electron chi connectivity index (χ0n) is 11.2. The number of aryl methyl sites for hydroxylation is 1. The van der Waals surface area contributed by atoms with Crippen LogP contribution in [0.2, 0.25) is 0 Å². The minimum Gasteiger partial charge on any atom is -0.361 e. The van der Waals surface area contributed by atoms with E-state index in [0.29, 0.717) is 0 Å². The van der Waals surface area contributed by atoms with Gasteiger partial charge >= 0.3 is 0 Å². The Balaban J connectivity index is 2.03. The number of fused-ring (bicyclic) bond motifs is 2. The van der Waals surface area contributed by atoms with E-state index in [1.54, 1.807) is 0 Å². The van der Waals surface area contributed by atoms with Crippen LogP contribution in [0.5, 0.6) is 0 Å². The summed E-state index contributed by atoms with van der Waals surface area (Å²) in [6, 6.07) is 16.8. The fraction of sp³-hybridized carbons (Fsp3) is 0.0556. The zero-order chi connectivity index (χ0) is 13.5. The molecule has 2 nitrogen and oxygen atoms in total. The quantitative estimate of drug-likeness (QED) is 0.527. The SMILES string of the molecule is Cc1c[nH]c2cccc(-c3cnc4ccccc4c3)c12. The van der Waals surface area contributed by atoms with Crippen molar-refractivity contribution < 1.29 is 0 Å². The third kappa shape index (κ3) is 1.62. The molecule has 0 aliphatic rings. The maximum atomic E-state index is 4.57. The van der Waals surface area contributed by atoms with E-state index in [1.165, 1.54) is 27.4 Å². The number of nitrogens with zero attached hydrogens (tertiary/aromatic N) is 1. The van der Waals surface area contributed by atoms with Crippen molar-refractivity contribution in [1.29, 1.82) is 0 Å². The van der Waals surface area contributed by atoms with Crippen molar-refractivity contribution in [3.05, 3.63) is 66.5 Å². The lowest BCUT2D eigenvalue weighted by molar-refractivity contribution is 1.41. The van der Waals surface area contributed by atoms with Crippen LogP contribution in [0.4, 0.5) is 0 Å². The number of benzene rings is 2. The number of nitrogens with one attached hydrogen (secondary N) is 1. The molecule has 0 saturated heterocycles. The van der Waals surface area contributed by atoms with Gasteiger partial charge in [0, 0.05) is 34.2 Å². The van der Waals surface area contributed by atoms with Gasteiger partial charge in [0.05, 0.1) is 5.52 Å². The Hall–Kier alpha value is -2.61. The third-order valence-corrected chi connectivity index (χ3v) is 3.80. The molecular weight excluding hydrogens is 244 g/mol. The average molecular weight is 258 g/mol. The van der Waals surface area contributed by atoms with E-state index in [4.69, 9.17) is 0 Å². The molecule has 2 heterocycles. The van der Waals surface area contributed by atoms with Gasteiger partial charge in [0.2, 0.25) is 0 Å². The zero-order valence-corrected chi connectivity index (χ0v) is 11.2. The molecule has 4 rings (SSSR count). The topological polar surface area (TPSA) is 28.7 Å². The van der Waals surface area contributed by atoms with Gasteiger partial charge in [-0.15, -0.1) is 0 Å². The highest BCUT2D eigenvalue weighted by molar-refractivity contribution is 5.98. The van der Waals surface area contributed by atoms with Gasteiger partial charge in [0.1, 0.15) is 0 Å². The van der Waals surface area contributed by atoms with E-state index in [9.17, 15) is 0 Å². The molecule has 2 aromatic carbocycles. The molecule has 0 radical (unpaired) electrons. The minimum absolute atomic E-state index is 1.04. The Morgan fingerprint density at radius 1 is 1.00 bits per heavy atom. The number of hydrogen-bond donors (Lipinski definition) is 1. The van der Waals surface area contributed by atoms with Gasteiger partial charge in [-0.25, -0.2) is 0 Å². The smallest absolute Gasteiger partial charge is 0.0702 e. The van der Waals surface area contributed by atoms with Crippen molar-refractivity contribution in [3.63, 3.8) is 0 Å². The van der Waals surface area contributed by atoms with E-state index < -0.39 is 0 Å². The molecule has 0 spiro atoms. The van der Waals surface area contributed by atoms with Crippen LogP contribution in [0.1, 0.15) is 5.56 Å². The van der Waals surface area contributed by atoms with Crippen LogP contribution >= 0.6 is 0 Å². The number of hydrogen-bond acceptors (Lipinski definition) is 1. The minimum atomic E-state index is 1.04. The van der Waals surface area contributed by atoms with Gasteiger partial charge in [0.25, 0.3) is 0 Å². The standard InChI is InChI=1S/C18H14N2/c1-12-10-19-17-8-4-6-15(18(12)17)14-9-13-5-2-3-7-16(13)20-11-14/h2-11,19H,1H3. The molecule has 0 saturated carbocycles. The van der Waals surface area contributed by atoms with Crippen LogP contribution in [0.15, 0.2) is 60.9 Å². The second kappa shape index (κ2) is 4.20. The lowest BCUT2D eigenvalue weighted by Gasteiger charge is -2.06. The molecule has 0 atom stereocenters. The molecule has 0 bridgehead atoms. The molecule has 2 heteroatoms. The second-order valence-corrected chi connectivity index (χ2v) is 5.12.